The van der Waals surface area contributed by atoms with E-state index in [1.807, 2.05) is 45.7 Å². The van der Waals surface area contributed by atoms with E-state index in [0.717, 1.165) is 33.5 Å². The Morgan fingerprint density at radius 3 is 2.53 bits per heavy atom. The van der Waals surface area contributed by atoms with Gasteiger partial charge in [-0.1, -0.05) is 34.6 Å². The minimum Gasteiger partial charge on any atom is -0.497 e. The Morgan fingerprint density at radius 2 is 1.81 bits per heavy atom. The van der Waals surface area contributed by atoms with Crippen molar-refractivity contribution in [3.8, 4) is 34.2 Å². The van der Waals surface area contributed by atoms with Gasteiger partial charge in [0.15, 0.2) is 11.0 Å². The number of benzene rings is 2. The quantitative estimate of drug-likeness (QED) is 0.290. The molecule has 0 saturated carbocycles. The molecule has 3 aromatic heterocycles. The summed E-state index contributed by atoms with van der Waals surface area (Å²) in [6.07, 6.45) is 0. The topological polar surface area (TPSA) is 78.9 Å². The predicted octanol–water partition coefficient (Wildman–Crippen LogP) is 5.66. The highest BCUT2D eigenvalue weighted by Gasteiger charge is 2.18. The van der Waals surface area contributed by atoms with E-state index in [2.05, 4.69) is 51.5 Å². The van der Waals surface area contributed by atoms with E-state index in [4.69, 9.17) is 9.26 Å². The molecule has 0 aliphatic carbocycles. The van der Waals surface area contributed by atoms with Crippen molar-refractivity contribution in [3.63, 3.8) is 0 Å². The number of thiophene rings is 1. The molecule has 0 bridgehead atoms. The molecule has 0 unspecified atom stereocenters. The number of nitrogens with zero attached hydrogens (tertiary/aromatic N) is 5. The van der Waals surface area contributed by atoms with Crippen LogP contribution in [0.1, 0.15) is 11.5 Å². The van der Waals surface area contributed by atoms with Crippen LogP contribution >= 0.6 is 23.1 Å². The maximum absolute atomic E-state index is 5.44. The molecule has 5 rings (SSSR count). The van der Waals surface area contributed by atoms with Gasteiger partial charge in [-0.3, -0.25) is 4.57 Å². The summed E-state index contributed by atoms with van der Waals surface area (Å²) < 4.78 is 12.8. The lowest BCUT2D eigenvalue weighted by molar-refractivity contribution is 0.391. The third kappa shape index (κ3) is 4.17. The Hall–Kier alpha value is -3.43. The third-order valence-electron chi connectivity index (χ3n) is 4.85. The van der Waals surface area contributed by atoms with E-state index in [-0.39, 0.29) is 0 Å². The van der Waals surface area contributed by atoms with Gasteiger partial charge in [-0.15, -0.1) is 10.2 Å². The van der Waals surface area contributed by atoms with Crippen LogP contribution in [0.4, 0.5) is 0 Å². The fourth-order valence-electron chi connectivity index (χ4n) is 3.17. The number of thioether (sulfide) groups is 1. The smallest absolute Gasteiger partial charge is 0.237 e. The van der Waals surface area contributed by atoms with E-state index < -0.39 is 0 Å². The summed E-state index contributed by atoms with van der Waals surface area (Å²) in [5, 5.41) is 17.8. The highest BCUT2D eigenvalue weighted by molar-refractivity contribution is 7.98. The molecule has 160 valence electrons. The van der Waals surface area contributed by atoms with Crippen LogP contribution in [-0.2, 0) is 5.75 Å². The second-order valence-electron chi connectivity index (χ2n) is 7.02. The molecule has 2 aromatic carbocycles. The second-order valence-corrected chi connectivity index (χ2v) is 8.74. The lowest BCUT2D eigenvalue weighted by atomic mass is 10.2. The molecule has 5 aromatic rings. The van der Waals surface area contributed by atoms with Gasteiger partial charge in [0, 0.05) is 22.2 Å². The van der Waals surface area contributed by atoms with Crippen LogP contribution in [0, 0.1) is 6.92 Å². The summed E-state index contributed by atoms with van der Waals surface area (Å²) in [6, 6.07) is 18.1. The molecule has 32 heavy (non-hydrogen) atoms. The summed E-state index contributed by atoms with van der Waals surface area (Å²) >= 11 is 3.10. The summed E-state index contributed by atoms with van der Waals surface area (Å²) in [5.41, 5.74) is 4.08. The Morgan fingerprint density at radius 1 is 1.00 bits per heavy atom. The maximum Gasteiger partial charge on any atom is 0.237 e. The highest BCUT2D eigenvalue weighted by atomic mass is 32.2. The van der Waals surface area contributed by atoms with Crippen LogP contribution in [-0.4, -0.2) is 32.0 Å². The Balaban J connectivity index is 1.46. The zero-order chi connectivity index (χ0) is 21.9. The van der Waals surface area contributed by atoms with Gasteiger partial charge in [0.25, 0.3) is 0 Å². The molecule has 0 atom stereocenters. The minimum atomic E-state index is 0.490. The lowest BCUT2D eigenvalue weighted by Crippen LogP contribution is -2.00. The standard InChI is InChI=1S/C23H19N5O2S2/c1-15-3-7-18(8-4-15)28-22(16-5-9-19(29-2)10-6-16)25-26-23(28)32-14-20-24-21(27-30-20)17-11-12-31-13-17/h3-13H,14H2,1-2H3. The molecule has 3 heterocycles. The van der Waals surface area contributed by atoms with E-state index in [1.165, 1.54) is 17.3 Å². The third-order valence-corrected chi connectivity index (χ3v) is 6.44. The van der Waals surface area contributed by atoms with Crippen molar-refractivity contribution in [2.75, 3.05) is 7.11 Å². The van der Waals surface area contributed by atoms with E-state index >= 15 is 0 Å². The Bertz CT molecular complexity index is 1310. The number of rotatable bonds is 7. The molecule has 0 aliphatic heterocycles. The van der Waals surface area contributed by atoms with Gasteiger partial charge in [0.05, 0.1) is 12.9 Å². The second kappa shape index (κ2) is 8.97. The largest absolute Gasteiger partial charge is 0.497 e. The van der Waals surface area contributed by atoms with Gasteiger partial charge in [0.1, 0.15) is 5.75 Å². The number of aromatic nitrogens is 5. The summed E-state index contributed by atoms with van der Waals surface area (Å²) in [5.74, 6) is 3.18. The summed E-state index contributed by atoms with van der Waals surface area (Å²) in [6.45, 7) is 2.07. The van der Waals surface area contributed by atoms with Crippen molar-refractivity contribution in [2.45, 2.75) is 17.8 Å². The van der Waals surface area contributed by atoms with Crippen molar-refractivity contribution in [3.05, 3.63) is 76.8 Å². The van der Waals surface area contributed by atoms with Gasteiger partial charge < -0.3 is 9.26 Å². The fourth-order valence-corrected chi connectivity index (χ4v) is 4.59. The number of ether oxygens (including phenoxy) is 1. The Labute approximate surface area is 193 Å². The van der Waals surface area contributed by atoms with Crippen molar-refractivity contribution >= 4 is 23.1 Å². The molecular formula is C23H19N5O2S2. The molecule has 0 aliphatic rings. The van der Waals surface area contributed by atoms with Gasteiger partial charge >= 0.3 is 0 Å². The first-order valence-electron chi connectivity index (χ1n) is 9.86. The van der Waals surface area contributed by atoms with Crippen LogP contribution in [0.3, 0.4) is 0 Å². The molecule has 0 amide bonds. The van der Waals surface area contributed by atoms with Gasteiger partial charge in [-0.2, -0.15) is 16.3 Å². The van der Waals surface area contributed by atoms with E-state index in [1.54, 1.807) is 18.4 Å². The van der Waals surface area contributed by atoms with Crippen LogP contribution in [0.5, 0.6) is 5.75 Å². The molecular weight excluding hydrogens is 442 g/mol. The van der Waals surface area contributed by atoms with Crippen molar-refractivity contribution in [2.24, 2.45) is 0 Å². The van der Waals surface area contributed by atoms with Gasteiger partial charge in [-0.05, 0) is 54.8 Å². The normalized spacial score (nSPS) is 11.1. The van der Waals surface area contributed by atoms with Crippen LogP contribution in [0.15, 0.2) is 75.0 Å². The number of hydrogen-bond donors (Lipinski definition) is 0. The molecule has 0 radical (unpaired) electrons. The Kier molecular flexibility index (Phi) is 5.74. The van der Waals surface area contributed by atoms with E-state index in [0.29, 0.717) is 17.5 Å². The molecule has 9 heteroatoms. The molecule has 7 nitrogen and oxygen atoms in total. The number of aryl methyl sites for hydroxylation is 1. The van der Waals surface area contributed by atoms with Gasteiger partial charge in [0.2, 0.25) is 11.7 Å². The monoisotopic (exact) mass is 461 g/mol. The fraction of sp³-hybridized carbons (Fsp3) is 0.130. The van der Waals surface area contributed by atoms with Crippen LogP contribution < -0.4 is 4.74 Å². The van der Waals surface area contributed by atoms with Crippen LogP contribution in [0.2, 0.25) is 0 Å². The number of hydrogen-bond acceptors (Lipinski definition) is 8. The van der Waals surface area contributed by atoms with Crippen LogP contribution in [0.25, 0.3) is 28.5 Å². The van der Waals surface area contributed by atoms with Crippen molar-refractivity contribution < 1.29 is 9.26 Å². The first-order valence-corrected chi connectivity index (χ1v) is 11.8. The molecule has 0 spiro atoms. The zero-order valence-corrected chi connectivity index (χ0v) is 19.1. The zero-order valence-electron chi connectivity index (χ0n) is 17.4. The lowest BCUT2D eigenvalue weighted by Gasteiger charge is -2.10. The average Bonchev–Trinajstić information content (AvgIpc) is 3.59. The molecule has 0 N–H and O–H groups in total. The predicted molar refractivity (Wildman–Crippen MR) is 125 cm³/mol. The molecule has 0 fully saturated rings. The maximum atomic E-state index is 5.44. The van der Waals surface area contributed by atoms with E-state index in [9.17, 15) is 0 Å². The minimum absolute atomic E-state index is 0.490. The van der Waals surface area contributed by atoms with Crippen molar-refractivity contribution in [1.82, 2.24) is 24.9 Å². The summed E-state index contributed by atoms with van der Waals surface area (Å²) in [7, 11) is 1.65. The number of methoxy groups -OCH3 is 1. The van der Waals surface area contributed by atoms with Gasteiger partial charge in [-0.25, -0.2) is 0 Å². The van der Waals surface area contributed by atoms with Crippen molar-refractivity contribution in [1.29, 1.82) is 0 Å². The average molecular weight is 462 g/mol. The SMILES string of the molecule is COc1ccc(-c2nnc(SCc3nc(-c4ccsc4)no3)n2-c2ccc(C)cc2)cc1. The first kappa shape index (κ1) is 20.5. The highest BCUT2D eigenvalue weighted by Crippen LogP contribution is 2.31. The first-order chi connectivity index (χ1) is 15.7. The summed E-state index contributed by atoms with van der Waals surface area (Å²) in [4.78, 5) is 4.50. The molecule has 0 saturated heterocycles.